The predicted octanol–water partition coefficient (Wildman–Crippen LogP) is 4.23. The average molecular weight is 281 g/mol. The van der Waals surface area contributed by atoms with Crippen molar-refractivity contribution in [3.05, 3.63) is 70.3 Å². The van der Waals surface area contributed by atoms with E-state index in [0.29, 0.717) is 5.92 Å². The molecule has 0 radical (unpaired) electrons. The van der Waals surface area contributed by atoms with Crippen LogP contribution in [0.3, 0.4) is 0 Å². The Morgan fingerprint density at radius 1 is 0.857 bits per heavy atom. The zero-order valence-electron chi connectivity index (χ0n) is 13.7. The molecule has 0 aliphatic heterocycles. The molecule has 0 amide bonds. The minimum absolute atomic E-state index is 0.637. The van der Waals surface area contributed by atoms with Gasteiger partial charge < -0.3 is 5.32 Å². The lowest BCUT2D eigenvalue weighted by atomic mass is 9.90. The van der Waals surface area contributed by atoms with Crippen LogP contribution in [0.4, 0.5) is 0 Å². The first-order valence-electron chi connectivity index (χ1n) is 7.85. The largest absolute Gasteiger partial charge is 0.319 e. The summed E-state index contributed by atoms with van der Waals surface area (Å²) < 4.78 is 0. The molecule has 0 saturated heterocycles. The van der Waals surface area contributed by atoms with Crippen molar-refractivity contribution < 1.29 is 0 Å². The summed E-state index contributed by atoms with van der Waals surface area (Å²) in [6.07, 6.45) is 2.27. The van der Waals surface area contributed by atoms with E-state index in [-0.39, 0.29) is 0 Å². The van der Waals surface area contributed by atoms with Gasteiger partial charge in [-0.15, -0.1) is 0 Å². The minimum Gasteiger partial charge on any atom is -0.319 e. The summed E-state index contributed by atoms with van der Waals surface area (Å²) in [6, 6.07) is 15.6. The number of nitrogens with one attached hydrogen (secondary N) is 1. The van der Waals surface area contributed by atoms with Gasteiger partial charge >= 0.3 is 0 Å². The van der Waals surface area contributed by atoms with Crippen LogP contribution < -0.4 is 5.32 Å². The quantitative estimate of drug-likeness (QED) is 0.835. The van der Waals surface area contributed by atoms with Crippen LogP contribution >= 0.6 is 0 Å². The van der Waals surface area contributed by atoms with Crippen LogP contribution in [0.15, 0.2) is 42.5 Å². The molecule has 0 aromatic heterocycles. The molecular formula is C20H27N. The molecular weight excluding hydrogens is 254 g/mol. The third-order valence-corrected chi connectivity index (χ3v) is 4.36. The van der Waals surface area contributed by atoms with Crippen LogP contribution in [0.25, 0.3) is 0 Å². The van der Waals surface area contributed by atoms with E-state index in [4.69, 9.17) is 0 Å². The molecule has 2 aromatic carbocycles. The van der Waals surface area contributed by atoms with Crippen molar-refractivity contribution in [1.29, 1.82) is 0 Å². The number of hydrogen-bond donors (Lipinski definition) is 1. The number of rotatable bonds is 6. The lowest BCUT2D eigenvalue weighted by molar-refractivity contribution is 0.492. The summed E-state index contributed by atoms with van der Waals surface area (Å²) in [5.41, 5.74) is 7.10. The van der Waals surface area contributed by atoms with Gasteiger partial charge in [-0.1, -0.05) is 42.5 Å². The second kappa shape index (κ2) is 7.42. The van der Waals surface area contributed by atoms with E-state index in [2.05, 4.69) is 68.6 Å². The van der Waals surface area contributed by atoms with Gasteiger partial charge in [0.1, 0.15) is 0 Å². The Hall–Kier alpha value is -1.60. The van der Waals surface area contributed by atoms with Crippen molar-refractivity contribution in [3.8, 4) is 0 Å². The zero-order valence-corrected chi connectivity index (χ0v) is 13.7. The van der Waals surface area contributed by atoms with Crippen LogP contribution in [0, 0.1) is 26.7 Å². The molecule has 112 valence electrons. The van der Waals surface area contributed by atoms with Gasteiger partial charge in [0.15, 0.2) is 0 Å². The van der Waals surface area contributed by atoms with E-state index in [1.54, 1.807) is 0 Å². The second-order valence-electron chi connectivity index (χ2n) is 6.18. The van der Waals surface area contributed by atoms with Crippen molar-refractivity contribution in [2.24, 2.45) is 5.92 Å². The molecule has 0 fully saturated rings. The van der Waals surface area contributed by atoms with E-state index in [1.165, 1.54) is 27.8 Å². The smallest absolute Gasteiger partial charge is 0.00172 e. The van der Waals surface area contributed by atoms with E-state index in [1.807, 2.05) is 7.05 Å². The molecule has 0 aliphatic rings. The fourth-order valence-electron chi connectivity index (χ4n) is 2.92. The van der Waals surface area contributed by atoms with Crippen molar-refractivity contribution in [3.63, 3.8) is 0 Å². The van der Waals surface area contributed by atoms with Crippen molar-refractivity contribution >= 4 is 0 Å². The molecule has 1 atom stereocenters. The summed E-state index contributed by atoms with van der Waals surface area (Å²) in [6.45, 7) is 7.65. The summed E-state index contributed by atoms with van der Waals surface area (Å²) in [5, 5.41) is 3.35. The van der Waals surface area contributed by atoms with Gasteiger partial charge in [0.05, 0.1) is 0 Å². The molecule has 0 heterocycles. The Labute approximate surface area is 129 Å². The highest BCUT2D eigenvalue weighted by Crippen LogP contribution is 2.19. The monoisotopic (exact) mass is 281 g/mol. The molecule has 0 spiro atoms. The van der Waals surface area contributed by atoms with Gasteiger partial charge in [-0.25, -0.2) is 0 Å². The maximum absolute atomic E-state index is 3.35. The molecule has 1 nitrogen and oxygen atoms in total. The van der Waals surface area contributed by atoms with Gasteiger partial charge in [0.25, 0.3) is 0 Å². The molecule has 1 N–H and O–H groups in total. The van der Waals surface area contributed by atoms with Crippen LogP contribution in [0.1, 0.15) is 27.8 Å². The minimum atomic E-state index is 0.637. The van der Waals surface area contributed by atoms with Crippen LogP contribution in [0.5, 0.6) is 0 Å². The molecule has 1 heteroatoms. The van der Waals surface area contributed by atoms with Crippen molar-refractivity contribution in [2.45, 2.75) is 33.6 Å². The number of hydrogen-bond acceptors (Lipinski definition) is 1. The van der Waals surface area contributed by atoms with Gasteiger partial charge in [-0.2, -0.15) is 0 Å². The van der Waals surface area contributed by atoms with Crippen molar-refractivity contribution in [2.75, 3.05) is 13.6 Å². The highest BCUT2D eigenvalue weighted by atomic mass is 14.8. The number of benzene rings is 2. The third-order valence-electron chi connectivity index (χ3n) is 4.36. The van der Waals surface area contributed by atoms with Crippen molar-refractivity contribution in [1.82, 2.24) is 5.32 Å². The summed E-state index contributed by atoms with van der Waals surface area (Å²) in [5.74, 6) is 0.637. The van der Waals surface area contributed by atoms with Crippen LogP contribution in [-0.2, 0) is 12.8 Å². The molecule has 2 rings (SSSR count). The fraction of sp³-hybridized carbons (Fsp3) is 0.400. The SMILES string of the molecule is CNCC(Cc1ccc(C)c(C)c1)Cc1ccccc1C. The van der Waals surface area contributed by atoms with Crippen LogP contribution in [0.2, 0.25) is 0 Å². The highest BCUT2D eigenvalue weighted by Gasteiger charge is 2.12. The van der Waals surface area contributed by atoms with Gasteiger partial charge in [-0.05, 0) is 80.9 Å². The van der Waals surface area contributed by atoms with Crippen LogP contribution in [-0.4, -0.2) is 13.6 Å². The molecule has 0 bridgehead atoms. The molecule has 0 saturated carbocycles. The maximum atomic E-state index is 3.35. The lowest BCUT2D eigenvalue weighted by Gasteiger charge is -2.18. The first-order chi connectivity index (χ1) is 10.1. The Balaban J connectivity index is 2.11. The first-order valence-corrected chi connectivity index (χ1v) is 7.85. The van der Waals surface area contributed by atoms with Gasteiger partial charge in [-0.3, -0.25) is 0 Å². The van der Waals surface area contributed by atoms with Gasteiger partial charge in [0, 0.05) is 0 Å². The lowest BCUT2D eigenvalue weighted by Crippen LogP contribution is -2.23. The van der Waals surface area contributed by atoms with Gasteiger partial charge in [0.2, 0.25) is 0 Å². The molecule has 0 aliphatic carbocycles. The van der Waals surface area contributed by atoms with E-state index in [0.717, 1.165) is 19.4 Å². The zero-order chi connectivity index (χ0) is 15.2. The Kier molecular flexibility index (Phi) is 5.58. The van der Waals surface area contributed by atoms with E-state index < -0.39 is 0 Å². The third kappa shape index (κ3) is 4.44. The standard InChI is InChI=1S/C20H27N/c1-15-9-10-18(11-17(15)3)12-19(14-21-4)13-20-8-6-5-7-16(20)2/h5-11,19,21H,12-14H2,1-4H3. The highest BCUT2D eigenvalue weighted by molar-refractivity contribution is 5.31. The summed E-state index contributed by atoms with van der Waals surface area (Å²) >= 11 is 0. The van der Waals surface area contributed by atoms with E-state index in [9.17, 15) is 0 Å². The normalized spacial score (nSPS) is 12.4. The Bertz CT molecular complexity index is 586. The average Bonchev–Trinajstić information content (AvgIpc) is 2.46. The summed E-state index contributed by atoms with van der Waals surface area (Å²) in [4.78, 5) is 0. The molecule has 2 aromatic rings. The topological polar surface area (TPSA) is 12.0 Å². The summed E-state index contributed by atoms with van der Waals surface area (Å²) in [7, 11) is 2.05. The Morgan fingerprint density at radius 2 is 1.62 bits per heavy atom. The fourth-order valence-corrected chi connectivity index (χ4v) is 2.92. The molecule has 21 heavy (non-hydrogen) atoms. The predicted molar refractivity (Wildman–Crippen MR) is 91.9 cm³/mol. The second-order valence-corrected chi connectivity index (χ2v) is 6.18. The number of aryl methyl sites for hydroxylation is 3. The maximum Gasteiger partial charge on any atom is -0.00172 e. The Morgan fingerprint density at radius 3 is 2.29 bits per heavy atom. The molecule has 1 unspecified atom stereocenters. The first kappa shape index (κ1) is 15.8. The van der Waals surface area contributed by atoms with E-state index >= 15 is 0 Å².